The van der Waals surface area contributed by atoms with E-state index in [1.165, 1.54) is 11.8 Å². The summed E-state index contributed by atoms with van der Waals surface area (Å²) in [5, 5.41) is 7.67. The number of halogens is 1. The van der Waals surface area contributed by atoms with Gasteiger partial charge in [-0.1, -0.05) is 32.8 Å². The van der Waals surface area contributed by atoms with Gasteiger partial charge >= 0.3 is 0 Å². The molecule has 1 N–H and O–H groups in total. The molecule has 0 aliphatic heterocycles. The van der Waals surface area contributed by atoms with Gasteiger partial charge in [-0.15, -0.1) is 0 Å². The molecule has 1 aliphatic rings. The van der Waals surface area contributed by atoms with Crippen LogP contribution in [0.1, 0.15) is 30.1 Å². The van der Waals surface area contributed by atoms with Crippen LogP contribution in [0.4, 0.5) is 5.69 Å². The van der Waals surface area contributed by atoms with Gasteiger partial charge in [0.05, 0.1) is 16.3 Å². The number of carbonyl (C=O) groups excluding carboxylic acids is 1. The van der Waals surface area contributed by atoms with Gasteiger partial charge in [0.25, 0.3) is 5.89 Å². The molecule has 0 saturated heterocycles. The molecule has 1 fully saturated rings. The van der Waals surface area contributed by atoms with E-state index in [0.717, 1.165) is 45.0 Å². The van der Waals surface area contributed by atoms with Crippen LogP contribution >= 0.6 is 27.7 Å². The van der Waals surface area contributed by atoms with Crippen LogP contribution in [0.2, 0.25) is 0 Å². The summed E-state index contributed by atoms with van der Waals surface area (Å²) in [4.78, 5) is 20.9. The molecule has 2 aromatic heterocycles. The van der Waals surface area contributed by atoms with Gasteiger partial charge in [0, 0.05) is 22.3 Å². The summed E-state index contributed by atoms with van der Waals surface area (Å²) < 4.78 is 6.32. The minimum absolute atomic E-state index is 0.0708. The highest BCUT2D eigenvalue weighted by Crippen LogP contribution is 2.38. The molecular formula is C19H17BrN4O2S. The summed E-state index contributed by atoms with van der Waals surface area (Å²) in [6.45, 7) is 1.98. The van der Waals surface area contributed by atoms with Gasteiger partial charge in [0.1, 0.15) is 0 Å². The van der Waals surface area contributed by atoms with E-state index >= 15 is 0 Å². The number of hydrogen-bond acceptors (Lipinski definition) is 6. The van der Waals surface area contributed by atoms with Crippen molar-refractivity contribution >= 4 is 39.3 Å². The summed E-state index contributed by atoms with van der Waals surface area (Å²) in [5.74, 6) is 1.94. The average Bonchev–Trinajstić information content (AvgIpc) is 3.40. The molecular weight excluding hydrogens is 428 g/mol. The topological polar surface area (TPSA) is 80.9 Å². The Labute approximate surface area is 169 Å². The maximum absolute atomic E-state index is 12.1. The number of nitrogens with one attached hydrogen (secondary N) is 1. The van der Waals surface area contributed by atoms with E-state index in [1.807, 2.05) is 37.3 Å². The van der Waals surface area contributed by atoms with E-state index in [2.05, 4.69) is 36.4 Å². The van der Waals surface area contributed by atoms with Crippen LogP contribution < -0.4 is 5.32 Å². The molecule has 27 heavy (non-hydrogen) atoms. The number of amides is 1. The van der Waals surface area contributed by atoms with Gasteiger partial charge in [0.2, 0.25) is 5.91 Å². The lowest BCUT2D eigenvalue weighted by Crippen LogP contribution is -2.14. The molecule has 0 bridgehead atoms. The van der Waals surface area contributed by atoms with Gasteiger partial charge < -0.3 is 9.84 Å². The highest BCUT2D eigenvalue weighted by atomic mass is 79.9. The van der Waals surface area contributed by atoms with Crippen LogP contribution in [0.15, 0.2) is 50.6 Å². The second kappa shape index (κ2) is 7.82. The minimum Gasteiger partial charge on any atom is -0.334 e. The second-order valence-corrected chi connectivity index (χ2v) is 8.27. The molecule has 138 valence electrons. The Balaban J connectivity index is 1.32. The Bertz CT molecular complexity index is 970. The Morgan fingerprint density at radius 1 is 1.33 bits per heavy atom. The number of benzene rings is 1. The summed E-state index contributed by atoms with van der Waals surface area (Å²) in [5.41, 5.74) is 2.64. The van der Waals surface area contributed by atoms with Crippen molar-refractivity contribution in [2.45, 2.75) is 30.7 Å². The number of thioether (sulfide) groups is 1. The van der Waals surface area contributed by atoms with E-state index in [4.69, 9.17) is 4.52 Å². The van der Waals surface area contributed by atoms with Crippen molar-refractivity contribution in [2.24, 2.45) is 0 Å². The molecule has 0 unspecified atom stereocenters. The van der Waals surface area contributed by atoms with Gasteiger partial charge in [-0.25, -0.2) is 4.98 Å². The van der Waals surface area contributed by atoms with Crippen molar-refractivity contribution in [3.63, 3.8) is 0 Å². The summed E-state index contributed by atoms with van der Waals surface area (Å²) >= 11 is 4.83. The fourth-order valence-electron chi connectivity index (χ4n) is 2.51. The number of hydrogen-bond donors (Lipinski definition) is 1. The first kappa shape index (κ1) is 18.2. The van der Waals surface area contributed by atoms with E-state index in [0.29, 0.717) is 11.8 Å². The fraction of sp³-hybridized carbons (Fsp3) is 0.263. The van der Waals surface area contributed by atoms with Crippen LogP contribution in [0, 0.1) is 6.92 Å². The predicted octanol–water partition coefficient (Wildman–Crippen LogP) is 4.81. The molecule has 8 heteroatoms. The summed E-state index contributed by atoms with van der Waals surface area (Å²) in [6, 6.07) is 9.46. The lowest BCUT2D eigenvalue weighted by atomic mass is 10.2. The molecule has 1 saturated carbocycles. The second-order valence-electron chi connectivity index (χ2n) is 6.42. The van der Waals surface area contributed by atoms with Crippen molar-refractivity contribution in [1.82, 2.24) is 15.1 Å². The number of nitrogens with zero attached hydrogens (tertiary/aromatic N) is 3. The first-order valence-corrected chi connectivity index (χ1v) is 10.3. The highest BCUT2D eigenvalue weighted by Gasteiger charge is 2.29. The van der Waals surface area contributed by atoms with Crippen LogP contribution in [-0.4, -0.2) is 26.8 Å². The van der Waals surface area contributed by atoms with Crippen molar-refractivity contribution in [3.8, 4) is 11.5 Å². The molecule has 4 rings (SSSR count). The molecule has 0 atom stereocenters. The number of aromatic nitrogens is 3. The average molecular weight is 445 g/mol. The quantitative estimate of drug-likeness (QED) is 0.549. The van der Waals surface area contributed by atoms with Crippen molar-refractivity contribution in [2.75, 3.05) is 11.1 Å². The number of pyridine rings is 1. The number of aryl methyl sites for hydroxylation is 1. The maximum Gasteiger partial charge on any atom is 0.259 e. The molecule has 3 aromatic rings. The first-order chi connectivity index (χ1) is 13.1. The lowest BCUT2D eigenvalue weighted by molar-refractivity contribution is -0.113. The van der Waals surface area contributed by atoms with Gasteiger partial charge in [-0.05, 0) is 55.7 Å². The normalized spacial score (nSPS) is 13.6. The van der Waals surface area contributed by atoms with Crippen LogP contribution in [0.3, 0.4) is 0 Å². The lowest BCUT2D eigenvalue weighted by Gasteiger charge is -2.07. The number of anilines is 1. The Hall–Kier alpha value is -2.19. The van der Waals surface area contributed by atoms with Gasteiger partial charge in [0.15, 0.2) is 5.82 Å². The van der Waals surface area contributed by atoms with Crippen LogP contribution in [0.25, 0.3) is 11.5 Å². The van der Waals surface area contributed by atoms with Crippen LogP contribution in [0.5, 0.6) is 0 Å². The van der Waals surface area contributed by atoms with Crippen molar-refractivity contribution in [1.29, 1.82) is 0 Å². The third kappa shape index (κ3) is 4.56. The molecule has 1 amide bonds. The molecule has 0 spiro atoms. The minimum atomic E-state index is -0.0708. The van der Waals surface area contributed by atoms with E-state index in [1.54, 1.807) is 6.20 Å². The largest absolute Gasteiger partial charge is 0.334 e. The molecule has 1 aliphatic carbocycles. The fourth-order valence-corrected chi connectivity index (χ4v) is 3.40. The van der Waals surface area contributed by atoms with Crippen molar-refractivity contribution < 1.29 is 9.32 Å². The molecule has 2 heterocycles. The highest BCUT2D eigenvalue weighted by molar-refractivity contribution is 9.10. The zero-order valence-corrected chi connectivity index (χ0v) is 17.0. The Morgan fingerprint density at radius 3 is 2.89 bits per heavy atom. The standard InChI is InChI=1S/C19H17BrN4O2S/c1-11-8-14(5-6-15(11)20)22-16(25)10-27-17-7-4-13(9-21-17)19-23-18(24-26-19)12-2-3-12/h4-9,12H,2-3,10H2,1H3,(H,22,25). The smallest absolute Gasteiger partial charge is 0.259 e. The third-order valence-corrected chi connectivity index (χ3v) is 5.99. The molecule has 1 aromatic carbocycles. The molecule has 6 nitrogen and oxygen atoms in total. The third-order valence-electron chi connectivity index (χ3n) is 4.16. The number of rotatable bonds is 6. The van der Waals surface area contributed by atoms with Crippen LogP contribution in [-0.2, 0) is 4.79 Å². The summed E-state index contributed by atoms with van der Waals surface area (Å²) in [6.07, 6.45) is 3.96. The van der Waals surface area contributed by atoms with Crippen molar-refractivity contribution in [3.05, 3.63) is 52.4 Å². The van der Waals surface area contributed by atoms with E-state index in [-0.39, 0.29) is 11.7 Å². The Kier molecular flexibility index (Phi) is 5.27. The molecule has 0 radical (unpaired) electrons. The van der Waals surface area contributed by atoms with E-state index < -0.39 is 0 Å². The Morgan fingerprint density at radius 2 is 2.19 bits per heavy atom. The number of carbonyl (C=O) groups is 1. The maximum atomic E-state index is 12.1. The van der Waals surface area contributed by atoms with E-state index in [9.17, 15) is 4.79 Å². The first-order valence-electron chi connectivity index (χ1n) is 8.57. The predicted molar refractivity (Wildman–Crippen MR) is 108 cm³/mol. The zero-order chi connectivity index (χ0) is 18.8. The van der Waals surface area contributed by atoms with Gasteiger partial charge in [-0.3, -0.25) is 4.79 Å². The monoisotopic (exact) mass is 444 g/mol. The SMILES string of the molecule is Cc1cc(NC(=O)CSc2ccc(-c3nc(C4CC4)no3)cn2)ccc1Br. The van der Waals surface area contributed by atoms with Gasteiger partial charge in [-0.2, -0.15) is 4.98 Å². The zero-order valence-electron chi connectivity index (χ0n) is 14.6. The summed E-state index contributed by atoms with van der Waals surface area (Å²) in [7, 11) is 0.